The molecule has 0 aromatic heterocycles. The van der Waals surface area contributed by atoms with Gasteiger partial charge < -0.3 is 29.9 Å². The molecule has 0 spiro atoms. The van der Waals surface area contributed by atoms with Crippen molar-refractivity contribution in [1.82, 2.24) is 0 Å². The van der Waals surface area contributed by atoms with Crippen LogP contribution >= 0.6 is 27.5 Å². The Morgan fingerprint density at radius 3 is 2.52 bits per heavy atom. The molecule has 21 heavy (non-hydrogen) atoms. The number of rotatable bonds is 3. The van der Waals surface area contributed by atoms with Crippen molar-refractivity contribution in [3.8, 4) is 0 Å². The highest BCUT2D eigenvalue weighted by atomic mass is 79.9. The van der Waals surface area contributed by atoms with Crippen molar-refractivity contribution in [2.45, 2.75) is 30.2 Å². The van der Waals surface area contributed by atoms with Crippen LogP contribution in [-0.4, -0.2) is 58.6 Å². The zero-order valence-electron chi connectivity index (χ0n) is 11.1. The van der Waals surface area contributed by atoms with Gasteiger partial charge in [-0.2, -0.15) is 0 Å². The van der Waals surface area contributed by atoms with Gasteiger partial charge in [0.05, 0.1) is 11.6 Å². The van der Waals surface area contributed by atoms with Crippen LogP contribution in [0.5, 0.6) is 0 Å². The molecule has 0 radical (unpaired) electrons. The molecule has 2 rings (SSSR count). The van der Waals surface area contributed by atoms with Gasteiger partial charge in [0.2, 0.25) is 5.79 Å². The molecule has 0 amide bonds. The largest absolute Gasteiger partial charge is 0.394 e. The van der Waals surface area contributed by atoms with E-state index in [1.807, 2.05) is 0 Å². The fourth-order valence-corrected chi connectivity index (χ4v) is 2.88. The van der Waals surface area contributed by atoms with Crippen molar-refractivity contribution in [1.29, 1.82) is 0 Å². The number of ether oxygens (including phenoxy) is 2. The lowest BCUT2D eigenvalue weighted by atomic mass is 9.88. The van der Waals surface area contributed by atoms with Gasteiger partial charge in [-0.15, -0.1) is 0 Å². The third kappa shape index (κ3) is 2.85. The Labute approximate surface area is 135 Å². The molecular formula is C13H16BrClO6. The van der Waals surface area contributed by atoms with Crippen LogP contribution in [0.15, 0.2) is 22.7 Å². The molecule has 1 aromatic carbocycles. The molecule has 0 saturated carbocycles. The lowest BCUT2D eigenvalue weighted by Crippen LogP contribution is -2.64. The predicted octanol–water partition coefficient (Wildman–Crippen LogP) is 0.375. The van der Waals surface area contributed by atoms with Crippen LogP contribution in [0.1, 0.15) is 5.56 Å². The van der Waals surface area contributed by atoms with E-state index >= 15 is 0 Å². The van der Waals surface area contributed by atoms with E-state index in [0.29, 0.717) is 15.1 Å². The molecule has 0 unspecified atom stereocenters. The summed E-state index contributed by atoms with van der Waals surface area (Å²) in [7, 11) is 1.30. The van der Waals surface area contributed by atoms with E-state index in [1.54, 1.807) is 18.2 Å². The third-order valence-corrected chi connectivity index (χ3v) is 4.79. The number of aliphatic hydroxyl groups excluding tert-OH is 4. The summed E-state index contributed by atoms with van der Waals surface area (Å²) in [6.07, 6.45) is -5.61. The molecule has 1 fully saturated rings. The van der Waals surface area contributed by atoms with Crippen LogP contribution in [0.2, 0.25) is 5.02 Å². The average molecular weight is 384 g/mol. The normalized spacial score (nSPS) is 36.7. The van der Waals surface area contributed by atoms with E-state index in [9.17, 15) is 20.4 Å². The molecule has 8 heteroatoms. The molecular weight excluding hydrogens is 367 g/mol. The van der Waals surface area contributed by atoms with Crippen LogP contribution in [-0.2, 0) is 15.3 Å². The summed E-state index contributed by atoms with van der Waals surface area (Å²) in [6.45, 7) is -0.537. The number of aliphatic hydroxyl groups is 4. The first-order valence-electron chi connectivity index (χ1n) is 6.21. The molecule has 118 valence electrons. The van der Waals surface area contributed by atoms with E-state index in [2.05, 4.69) is 15.9 Å². The molecule has 1 aromatic rings. The number of benzene rings is 1. The molecule has 6 nitrogen and oxygen atoms in total. The Morgan fingerprint density at radius 1 is 1.33 bits per heavy atom. The van der Waals surface area contributed by atoms with Gasteiger partial charge in [-0.3, -0.25) is 0 Å². The Balaban J connectivity index is 2.49. The number of hydrogen-bond donors (Lipinski definition) is 4. The molecule has 0 bridgehead atoms. The molecule has 4 N–H and O–H groups in total. The summed E-state index contributed by atoms with van der Waals surface area (Å²) < 4.78 is 11.4. The number of hydrogen-bond acceptors (Lipinski definition) is 6. The zero-order valence-corrected chi connectivity index (χ0v) is 13.5. The highest BCUT2D eigenvalue weighted by molar-refractivity contribution is 9.10. The fraction of sp³-hybridized carbons (Fsp3) is 0.538. The quantitative estimate of drug-likeness (QED) is 0.602. The Kier molecular flexibility index (Phi) is 5.27. The van der Waals surface area contributed by atoms with Crippen molar-refractivity contribution in [3.05, 3.63) is 33.3 Å². The van der Waals surface area contributed by atoms with Crippen molar-refractivity contribution < 1.29 is 29.9 Å². The van der Waals surface area contributed by atoms with Crippen LogP contribution in [0.4, 0.5) is 0 Å². The summed E-state index contributed by atoms with van der Waals surface area (Å²) in [6, 6.07) is 4.72. The molecule has 5 atom stereocenters. The van der Waals surface area contributed by atoms with Gasteiger partial charge in [-0.1, -0.05) is 17.7 Å². The van der Waals surface area contributed by atoms with Crippen LogP contribution < -0.4 is 0 Å². The maximum atomic E-state index is 10.3. The maximum absolute atomic E-state index is 10.3. The second-order valence-electron chi connectivity index (χ2n) is 4.77. The van der Waals surface area contributed by atoms with Gasteiger partial charge in [-0.05, 0) is 28.1 Å². The molecule has 1 aliphatic heterocycles. The lowest BCUT2D eigenvalue weighted by Gasteiger charge is -2.47. The minimum atomic E-state index is -1.72. The Hall–Kier alpha value is -0.250. The van der Waals surface area contributed by atoms with Gasteiger partial charge >= 0.3 is 0 Å². The third-order valence-electron chi connectivity index (χ3n) is 3.58. The van der Waals surface area contributed by atoms with E-state index in [0.717, 1.165) is 0 Å². The lowest BCUT2D eigenvalue weighted by molar-refractivity contribution is -0.366. The highest BCUT2D eigenvalue weighted by Crippen LogP contribution is 2.40. The summed E-state index contributed by atoms with van der Waals surface area (Å²) in [5.74, 6) is -1.72. The molecule has 1 saturated heterocycles. The number of methoxy groups -OCH3 is 1. The highest BCUT2D eigenvalue weighted by Gasteiger charge is 2.55. The van der Waals surface area contributed by atoms with Crippen molar-refractivity contribution in [2.75, 3.05) is 13.7 Å². The maximum Gasteiger partial charge on any atom is 0.224 e. The molecule has 1 aliphatic rings. The van der Waals surface area contributed by atoms with E-state index in [4.69, 9.17) is 21.1 Å². The monoisotopic (exact) mass is 382 g/mol. The van der Waals surface area contributed by atoms with Crippen molar-refractivity contribution >= 4 is 27.5 Å². The first-order chi connectivity index (χ1) is 9.87. The summed E-state index contributed by atoms with van der Waals surface area (Å²) in [5.41, 5.74) is 0.387. The first-order valence-corrected chi connectivity index (χ1v) is 7.38. The van der Waals surface area contributed by atoms with Crippen LogP contribution in [0.25, 0.3) is 0 Å². The van der Waals surface area contributed by atoms with E-state index in [1.165, 1.54) is 7.11 Å². The van der Waals surface area contributed by atoms with E-state index in [-0.39, 0.29) is 0 Å². The van der Waals surface area contributed by atoms with Gasteiger partial charge in [0, 0.05) is 17.1 Å². The average Bonchev–Trinajstić information content (AvgIpc) is 2.49. The first kappa shape index (κ1) is 17.1. The van der Waals surface area contributed by atoms with Crippen LogP contribution in [0.3, 0.4) is 0 Å². The molecule has 1 heterocycles. The minimum absolute atomic E-state index is 0.387. The fourth-order valence-electron chi connectivity index (χ4n) is 2.38. The predicted molar refractivity (Wildman–Crippen MR) is 77.8 cm³/mol. The van der Waals surface area contributed by atoms with E-state index < -0.39 is 36.8 Å². The topological polar surface area (TPSA) is 99.4 Å². The van der Waals surface area contributed by atoms with Crippen molar-refractivity contribution in [3.63, 3.8) is 0 Å². The van der Waals surface area contributed by atoms with Crippen LogP contribution in [0, 0.1) is 0 Å². The SMILES string of the molecule is CO[C@@]1(c2ccc(Cl)c(Br)c2)O[C@H](CO)[C@@H](O)[C@H](O)[C@H]1O. The van der Waals surface area contributed by atoms with Crippen molar-refractivity contribution in [2.24, 2.45) is 0 Å². The van der Waals surface area contributed by atoms with Gasteiger partial charge in [0.15, 0.2) is 0 Å². The molecule has 0 aliphatic carbocycles. The zero-order chi connectivity index (χ0) is 15.8. The van der Waals surface area contributed by atoms with Gasteiger partial charge in [0.25, 0.3) is 0 Å². The van der Waals surface area contributed by atoms with Gasteiger partial charge in [-0.25, -0.2) is 0 Å². The Bertz CT molecular complexity index is 513. The second-order valence-corrected chi connectivity index (χ2v) is 6.03. The summed E-state index contributed by atoms with van der Waals surface area (Å²) in [4.78, 5) is 0. The standard InChI is InChI=1S/C13H16BrClO6/c1-20-13(6-2-3-8(15)7(14)4-6)12(19)11(18)10(17)9(5-16)21-13/h2-4,9-12,16-19H,5H2,1H3/t9-,10-,11+,12-,13+/m1/s1. The van der Waals surface area contributed by atoms with Gasteiger partial charge in [0.1, 0.15) is 24.4 Å². The minimum Gasteiger partial charge on any atom is -0.394 e. The Morgan fingerprint density at radius 2 is 2.00 bits per heavy atom. The summed E-state index contributed by atoms with van der Waals surface area (Å²) in [5, 5.41) is 39.8. The smallest absolute Gasteiger partial charge is 0.224 e. The number of halogens is 2. The summed E-state index contributed by atoms with van der Waals surface area (Å²) >= 11 is 9.19. The second kappa shape index (κ2) is 6.47.